The van der Waals surface area contributed by atoms with E-state index in [0.29, 0.717) is 28.6 Å². The number of anilines is 2. The van der Waals surface area contributed by atoms with Crippen molar-refractivity contribution in [2.45, 2.75) is 18.3 Å². The minimum absolute atomic E-state index is 0.122. The number of benzene rings is 3. The van der Waals surface area contributed by atoms with Crippen LogP contribution in [0.2, 0.25) is 10.0 Å². The lowest BCUT2D eigenvalue weighted by Gasteiger charge is -2.27. The highest BCUT2D eigenvalue weighted by Gasteiger charge is 2.26. The molecule has 0 spiro atoms. The van der Waals surface area contributed by atoms with Crippen molar-refractivity contribution in [3.8, 4) is 0 Å². The number of hydrogen-bond donors (Lipinski definition) is 3. The third-order valence-electron chi connectivity index (χ3n) is 5.05. The smallest absolute Gasteiger partial charge is 0.251 e. The van der Waals surface area contributed by atoms with Crippen molar-refractivity contribution in [1.29, 1.82) is 0 Å². The largest absolute Gasteiger partial charge is 0.371 e. The summed E-state index contributed by atoms with van der Waals surface area (Å²) >= 11 is 13.7. The molecule has 1 atom stereocenters. The second kappa shape index (κ2) is 10.3. The maximum absolute atomic E-state index is 12.6. The van der Waals surface area contributed by atoms with Gasteiger partial charge >= 0.3 is 0 Å². The molecule has 0 radical (unpaired) electrons. The molecule has 1 heterocycles. The van der Waals surface area contributed by atoms with Crippen molar-refractivity contribution in [2.75, 3.05) is 16.4 Å². The highest BCUT2D eigenvalue weighted by atomic mass is 35.5. The summed E-state index contributed by atoms with van der Waals surface area (Å²) in [6.45, 7) is 0.391. The molecule has 164 valence electrons. The number of amides is 2. The fraction of sp³-hybridized carbons (Fsp3) is 0.167. The molecule has 1 aliphatic rings. The fourth-order valence-corrected chi connectivity index (χ4v) is 4.76. The molecule has 1 aliphatic heterocycles. The Morgan fingerprint density at radius 1 is 1.00 bits per heavy atom. The summed E-state index contributed by atoms with van der Waals surface area (Å²) in [6, 6.07) is 19.9. The third kappa shape index (κ3) is 5.57. The van der Waals surface area contributed by atoms with E-state index in [0.717, 1.165) is 27.6 Å². The Morgan fingerprint density at radius 2 is 1.78 bits per heavy atom. The summed E-state index contributed by atoms with van der Waals surface area (Å²) in [5.41, 5.74) is 3.87. The summed E-state index contributed by atoms with van der Waals surface area (Å²) < 4.78 is 0. The van der Waals surface area contributed by atoms with Gasteiger partial charge in [-0.1, -0.05) is 53.5 Å². The quantitative estimate of drug-likeness (QED) is 0.407. The van der Waals surface area contributed by atoms with Crippen LogP contribution in [0.5, 0.6) is 0 Å². The molecule has 3 aromatic carbocycles. The summed E-state index contributed by atoms with van der Waals surface area (Å²) in [5.74, 6) is 0.988. The third-order valence-corrected chi connectivity index (χ3v) is 6.76. The number of rotatable bonds is 7. The van der Waals surface area contributed by atoms with Crippen LogP contribution in [0.1, 0.15) is 21.5 Å². The van der Waals surface area contributed by atoms with Crippen LogP contribution in [0, 0.1) is 0 Å². The van der Waals surface area contributed by atoms with E-state index in [-0.39, 0.29) is 17.9 Å². The van der Waals surface area contributed by atoms with E-state index in [2.05, 4.69) is 16.0 Å². The van der Waals surface area contributed by atoms with Gasteiger partial charge in [-0.3, -0.25) is 9.59 Å². The maximum Gasteiger partial charge on any atom is 0.251 e. The van der Waals surface area contributed by atoms with E-state index in [1.807, 2.05) is 42.5 Å². The highest BCUT2D eigenvalue weighted by Crippen LogP contribution is 2.30. The first-order chi connectivity index (χ1) is 15.5. The zero-order valence-electron chi connectivity index (χ0n) is 17.0. The number of carbonyl (C=O) groups is 2. The fourth-order valence-electron chi connectivity index (χ4n) is 3.29. The zero-order chi connectivity index (χ0) is 22.5. The second-order valence-corrected chi connectivity index (χ2v) is 9.24. The number of thioether (sulfide) groups is 1. The number of fused-ring (bicyclic) bond motifs is 1. The minimum Gasteiger partial charge on any atom is -0.371 e. The highest BCUT2D eigenvalue weighted by molar-refractivity contribution is 7.98. The SMILES string of the molecule is O=C(NCc1ccc(Cl)cc1)c1ccc2c(c1)NC(=O)C(CSCc1ccccc1Cl)N2. The summed E-state index contributed by atoms with van der Waals surface area (Å²) in [4.78, 5) is 25.1. The molecular formula is C24H21Cl2N3O2S. The Bertz CT molecular complexity index is 1140. The van der Waals surface area contributed by atoms with Gasteiger partial charge in [-0.05, 0) is 47.5 Å². The maximum atomic E-state index is 12.6. The topological polar surface area (TPSA) is 70.2 Å². The predicted octanol–water partition coefficient (Wildman–Crippen LogP) is 5.59. The van der Waals surface area contributed by atoms with Crippen molar-refractivity contribution < 1.29 is 9.59 Å². The molecule has 0 saturated heterocycles. The van der Waals surface area contributed by atoms with Gasteiger partial charge in [-0.25, -0.2) is 0 Å². The van der Waals surface area contributed by atoms with Crippen LogP contribution in [0.25, 0.3) is 0 Å². The molecule has 3 aromatic rings. The van der Waals surface area contributed by atoms with Crippen LogP contribution >= 0.6 is 35.0 Å². The molecule has 8 heteroatoms. The average Bonchev–Trinajstić information content (AvgIpc) is 2.79. The average molecular weight is 486 g/mol. The summed E-state index contributed by atoms with van der Waals surface area (Å²) in [6.07, 6.45) is 0. The molecule has 3 N–H and O–H groups in total. The lowest BCUT2D eigenvalue weighted by atomic mass is 10.1. The van der Waals surface area contributed by atoms with Gasteiger partial charge in [0.05, 0.1) is 11.4 Å². The number of carbonyl (C=O) groups excluding carboxylic acids is 2. The Labute approximate surface area is 200 Å². The van der Waals surface area contributed by atoms with Gasteiger partial charge in [-0.2, -0.15) is 11.8 Å². The van der Waals surface area contributed by atoms with Gasteiger partial charge in [0, 0.05) is 33.7 Å². The second-order valence-electron chi connectivity index (χ2n) is 7.36. The van der Waals surface area contributed by atoms with Crippen LogP contribution in [0.3, 0.4) is 0 Å². The Kier molecular flexibility index (Phi) is 7.25. The molecule has 0 bridgehead atoms. The monoisotopic (exact) mass is 485 g/mol. The predicted molar refractivity (Wildman–Crippen MR) is 133 cm³/mol. The van der Waals surface area contributed by atoms with Gasteiger partial charge in [0.1, 0.15) is 6.04 Å². The Balaban J connectivity index is 1.34. The van der Waals surface area contributed by atoms with E-state index in [9.17, 15) is 9.59 Å². The molecule has 5 nitrogen and oxygen atoms in total. The van der Waals surface area contributed by atoms with Crippen molar-refractivity contribution in [2.24, 2.45) is 0 Å². The van der Waals surface area contributed by atoms with Crippen LogP contribution in [-0.4, -0.2) is 23.6 Å². The Morgan fingerprint density at radius 3 is 2.56 bits per heavy atom. The molecule has 0 aliphatic carbocycles. The lowest BCUT2D eigenvalue weighted by molar-refractivity contribution is -0.116. The van der Waals surface area contributed by atoms with E-state index < -0.39 is 0 Å². The van der Waals surface area contributed by atoms with Crippen molar-refractivity contribution in [1.82, 2.24) is 5.32 Å². The molecular weight excluding hydrogens is 465 g/mol. The zero-order valence-corrected chi connectivity index (χ0v) is 19.4. The van der Waals surface area contributed by atoms with E-state index in [4.69, 9.17) is 23.2 Å². The summed E-state index contributed by atoms with van der Waals surface area (Å²) in [7, 11) is 0. The first-order valence-corrected chi connectivity index (χ1v) is 12.0. The van der Waals surface area contributed by atoms with Crippen LogP contribution in [0.15, 0.2) is 66.7 Å². The van der Waals surface area contributed by atoms with E-state index in [1.165, 1.54) is 0 Å². The molecule has 2 amide bonds. The van der Waals surface area contributed by atoms with E-state index in [1.54, 1.807) is 36.0 Å². The number of halogens is 2. The van der Waals surface area contributed by atoms with E-state index >= 15 is 0 Å². The molecule has 0 saturated carbocycles. The van der Waals surface area contributed by atoms with Crippen molar-refractivity contribution >= 4 is 58.2 Å². The lowest BCUT2D eigenvalue weighted by Crippen LogP contribution is -2.40. The van der Waals surface area contributed by atoms with Gasteiger partial charge in [0.15, 0.2) is 0 Å². The van der Waals surface area contributed by atoms with Crippen molar-refractivity contribution in [3.05, 3.63) is 93.5 Å². The summed E-state index contributed by atoms with van der Waals surface area (Å²) in [5, 5.41) is 10.4. The first-order valence-electron chi connectivity index (χ1n) is 10.0. The van der Waals surface area contributed by atoms with Crippen molar-refractivity contribution in [3.63, 3.8) is 0 Å². The van der Waals surface area contributed by atoms with Gasteiger partial charge in [0.2, 0.25) is 5.91 Å². The molecule has 0 fully saturated rings. The number of hydrogen-bond acceptors (Lipinski definition) is 4. The molecule has 4 rings (SSSR count). The van der Waals surface area contributed by atoms with Crippen LogP contribution in [0.4, 0.5) is 11.4 Å². The van der Waals surface area contributed by atoms with Crippen LogP contribution in [-0.2, 0) is 17.1 Å². The number of nitrogens with one attached hydrogen (secondary N) is 3. The standard InChI is InChI=1S/C24H21Cl2N3O2S/c25-18-8-5-15(6-9-18)12-27-23(30)16-7-10-20-21(11-16)29-24(31)22(28-20)14-32-13-17-3-1-2-4-19(17)26/h1-11,22,28H,12-14H2,(H,27,30)(H,29,31). The normalized spacial score (nSPS) is 14.8. The molecule has 32 heavy (non-hydrogen) atoms. The van der Waals surface area contributed by atoms with Gasteiger partial charge < -0.3 is 16.0 Å². The Hall–Kier alpha value is -2.67. The molecule has 0 aromatic heterocycles. The van der Waals surface area contributed by atoms with Crippen LogP contribution < -0.4 is 16.0 Å². The van der Waals surface area contributed by atoms with Gasteiger partial charge in [0.25, 0.3) is 5.91 Å². The van der Waals surface area contributed by atoms with Gasteiger partial charge in [-0.15, -0.1) is 0 Å². The first kappa shape index (κ1) is 22.5. The minimum atomic E-state index is -0.362. The molecule has 1 unspecified atom stereocenters.